The normalized spacial score (nSPS) is 20.0. The highest BCUT2D eigenvalue weighted by Crippen LogP contribution is 2.35. The van der Waals surface area contributed by atoms with Gasteiger partial charge >= 0.3 is 0 Å². The van der Waals surface area contributed by atoms with Crippen molar-refractivity contribution in [1.29, 1.82) is 0 Å². The van der Waals surface area contributed by atoms with Gasteiger partial charge in [0.2, 0.25) is 5.91 Å². The highest BCUT2D eigenvalue weighted by Gasteiger charge is 2.31. The number of hydrogen-bond donors (Lipinski definition) is 3. The number of piperidine rings is 1. The lowest BCUT2D eigenvalue weighted by Gasteiger charge is -2.36. The van der Waals surface area contributed by atoms with E-state index in [0.717, 1.165) is 58.4 Å². The Morgan fingerprint density at radius 2 is 2.20 bits per heavy atom. The number of nitrogens with one attached hydrogen (secondary N) is 3. The molecule has 7 nitrogen and oxygen atoms in total. The average Bonchev–Trinajstić information content (AvgIpc) is 2.89. The minimum absolute atomic E-state index is 0.0648. The summed E-state index contributed by atoms with van der Waals surface area (Å²) in [6, 6.07) is 4.61. The van der Waals surface area contributed by atoms with Crippen LogP contribution in [0.15, 0.2) is 36.5 Å². The molecule has 2 aromatic rings. The van der Waals surface area contributed by atoms with Gasteiger partial charge in [0, 0.05) is 38.1 Å². The first-order valence-electron chi connectivity index (χ1n) is 12.3. The molecular formula is C26H33ClFN5O2. The van der Waals surface area contributed by atoms with E-state index in [2.05, 4.69) is 32.8 Å². The van der Waals surface area contributed by atoms with Crippen LogP contribution in [0.3, 0.4) is 0 Å². The van der Waals surface area contributed by atoms with Crippen molar-refractivity contribution < 1.29 is 13.9 Å². The van der Waals surface area contributed by atoms with Crippen LogP contribution < -0.4 is 16.0 Å². The number of amides is 1. The Morgan fingerprint density at radius 3 is 2.94 bits per heavy atom. The van der Waals surface area contributed by atoms with Crippen molar-refractivity contribution >= 4 is 29.1 Å². The van der Waals surface area contributed by atoms with Crippen LogP contribution in [0, 0.1) is 17.2 Å². The molecule has 1 amide bonds. The number of aromatic nitrogens is 2. The first-order chi connectivity index (χ1) is 17.0. The van der Waals surface area contributed by atoms with E-state index in [1.54, 1.807) is 18.2 Å². The van der Waals surface area contributed by atoms with Gasteiger partial charge in [0.1, 0.15) is 5.82 Å². The summed E-state index contributed by atoms with van der Waals surface area (Å²) in [7, 11) is 0. The fraction of sp³-hybridized carbons (Fsp3) is 0.500. The van der Waals surface area contributed by atoms with Gasteiger partial charge in [0.25, 0.3) is 0 Å². The molecule has 2 aromatic heterocycles. The van der Waals surface area contributed by atoms with Crippen molar-refractivity contribution in [3.63, 3.8) is 0 Å². The van der Waals surface area contributed by atoms with Crippen molar-refractivity contribution in [3.05, 3.63) is 47.4 Å². The van der Waals surface area contributed by atoms with Crippen molar-refractivity contribution in [2.24, 2.45) is 11.3 Å². The molecule has 4 rings (SSSR count). The fourth-order valence-electron chi connectivity index (χ4n) is 4.58. The molecule has 2 aliphatic rings. The van der Waals surface area contributed by atoms with Crippen molar-refractivity contribution in [2.75, 3.05) is 43.5 Å². The molecule has 9 heteroatoms. The summed E-state index contributed by atoms with van der Waals surface area (Å²) in [6.07, 6.45) is 9.97. The summed E-state index contributed by atoms with van der Waals surface area (Å²) in [5.74, 6) is 0.212. The molecular weight excluding hydrogens is 469 g/mol. The van der Waals surface area contributed by atoms with Gasteiger partial charge in [0.05, 0.1) is 10.7 Å². The number of carbonyl (C=O) groups is 1. The second kappa shape index (κ2) is 11.9. The number of nitrogens with zero attached hydrogens (tertiary/aromatic N) is 2. The van der Waals surface area contributed by atoms with Crippen LogP contribution in [-0.4, -0.2) is 48.7 Å². The van der Waals surface area contributed by atoms with Crippen LogP contribution in [0.1, 0.15) is 39.0 Å². The predicted molar refractivity (Wildman–Crippen MR) is 137 cm³/mol. The van der Waals surface area contributed by atoms with Gasteiger partial charge in [-0.1, -0.05) is 24.6 Å². The minimum Gasteiger partial charge on any atom is -0.381 e. The quantitative estimate of drug-likeness (QED) is 0.439. The maximum Gasteiger partial charge on any atom is 0.249 e. The Labute approximate surface area is 210 Å². The molecule has 0 aromatic carbocycles. The van der Waals surface area contributed by atoms with E-state index in [1.165, 1.54) is 12.3 Å². The average molecular weight is 502 g/mol. The van der Waals surface area contributed by atoms with Crippen molar-refractivity contribution in [3.8, 4) is 11.3 Å². The molecule has 1 atom stereocenters. The van der Waals surface area contributed by atoms with Gasteiger partial charge in [-0.2, -0.15) is 0 Å². The largest absolute Gasteiger partial charge is 0.381 e. The number of pyridine rings is 2. The molecule has 2 fully saturated rings. The lowest BCUT2D eigenvalue weighted by atomic mass is 9.78. The summed E-state index contributed by atoms with van der Waals surface area (Å²) in [5, 5.41) is 9.69. The van der Waals surface area contributed by atoms with Crippen LogP contribution >= 0.6 is 11.6 Å². The predicted octanol–water partition coefficient (Wildman–Crippen LogP) is 5.05. The number of anilines is 2. The topological polar surface area (TPSA) is 88.2 Å². The third-order valence-electron chi connectivity index (χ3n) is 7.02. The third-order valence-corrected chi connectivity index (χ3v) is 7.32. The van der Waals surface area contributed by atoms with E-state index in [9.17, 15) is 9.18 Å². The number of rotatable bonds is 8. The lowest BCUT2D eigenvalue weighted by Crippen LogP contribution is -2.35. The SMILES string of the molecule is CCC1(CNc2nc(-c3cc(NC(=O)/C=C/C4CCCNC4)ncc3Cl)ccc2F)CCOCC1. The summed E-state index contributed by atoms with van der Waals surface area (Å²) >= 11 is 6.40. The highest BCUT2D eigenvalue weighted by molar-refractivity contribution is 6.33. The molecule has 188 valence electrons. The Morgan fingerprint density at radius 1 is 1.37 bits per heavy atom. The first kappa shape index (κ1) is 25.5. The number of hydrogen-bond acceptors (Lipinski definition) is 6. The summed E-state index contributed by atoms with van der Waals surface area (Å²) in [4.78, 5) is 21.1. The Balaban J connectivity index is 1.46. The van der Waals surface area contributed by atoms with E-state index in [4.69, 9.17) is 16.3 Å². The summed E-state index contributed by atoms with van der Waals surface area (Å²) < 4.78 is 20.1. The molecule has 3 N–H and O–H groups in total. The van der Waals surface area contributed by atoms with Crippen LogP contribution in [-0.2, 0) is 9.53 Å². The van der Waals surface area contributed by atoms with Crippen molar-refractivity contribution in [1.82, 2.24) is 15.3 Å². The van der Waals surface area contributed by atoms with E-state index >= 15 is 0 Å². The van der Waals surface area contributed by atoms with Gasteiger partial charge in [-0.3, -0.25) is 4.79 Å². The summed E-state index contributed by atoms with van der Waals surface area (Å²) in [5.41, 5.74) is 1.13. The molecule has 4 heterocycles. The molecule has 2 aliphatic heterocycles. The van der Waals surface area contributed by atoms with E-state index in [1.807, 2.05) is 6.08 Å². The zero-order valence-electron chi connectivity index (χ0n) is 20.1. The second-order valence-corrected chi connectivity index (χ2v) is 9.76. The molecule has 0 saturated carbocycles. The summed E-state index contributed by atoms with van der Waals surface area (Å²) in [6.45, 7) is 6.12. The maximum atomic E-state index is 14.6. The van der Waals surface area contributed by atoms with Crippen LogP contribution in [0.4, 0.5) is 16.0 Å². The van der Waals surface area contributed by atoms with E-state index in [-0.39, 0.29) is 17.1 Å². The van der Waals surface area contributed by atoms with Crippen LogP contribution in [0.25, 0.3) is 11.3 Å². The fourth-order valence-corrected chi connectivity index (χ4v) is 4.78. The zero-order valence-corrected chi connectivity index (χ0v) is 20.8. The zero-order chi connectivity index (χ0) is 24.7. The Bertz CT molecular complexity index is 1050. The minimum atomic E-state index is -0.423. The van der Waals surface area contributed by atoms with Gasteiger partial charge in [0.15, 0.2) is 11.6 Å². The molecule has 2 saturated heterocycles. The smallest absolute Gasteiger partial charge is 0.249 e. The number of ether oxygens (including phenoxy) is 1. The van der Waals surface area contributed by atoms with Crippen molar-refractivity contribution in [2.45, 2.75) is 39.0 Å². The molecule has 35 heavy (non-hydrogen) atoms. The van der Waals surface area contributed by atoms with E-state index < -0.39 is 5.82 Å². The maximum absolute atomic E-state index is 14.6. The standard InChI is InChI=1S/C26H33ClFN5O2/c1-2-26(9-12-35-13-10-26)17-31-25-21(28)6-7-22(32-25)19-14-23(30-16-20(19)27)33-24(34)8-5-18-4-3-11-29-15-18/h5-8,14,16,18,29H,2-4,9-13,15,17H2,1H3,(H,31,32)(H,30,33,34)/b8-5+. The Hall–Kier alpha value is -2.55. The van der Waals surface area contributed by atoms with Crippen LogP contribution in [0.2, 0.25) is 5.02 Å². The van der Waals surface area contributed by atoms with Gasteiger partial charge in [-0.05, 0) is 74.3 Å². The molecule has 1 unspecified atom stereocenters. The molecule has 0 spiro atoms. The van der Waals surface area contributed by atoms with E-state index in [0.29, 0.717) is 34.6 Å². The van der Waals surface area contributed by atoms with Gasteiger partial charge in [-0.15, -0.1) is 0 Å². The molecule has 0 bridgehead atoms. The second-order valence-electron chi connectivity index (χ2n) is 9.35. The lowest BCUT2D eigenvalue weighted by molar-refractivity contribution is -0.112. The van der Waals surface area contributed by atoms with Gasteiger partial charge in [-0.25, -0.2) is 14.4 Å². The molecule has 0 aliphatic carbocycles. The van der Waals surface area contributed by atoms with Crippen LogP contribution in [0.5, 0.6) is 0 Å². The van der Waals surface area contributed by atoms with Gasteiger partial charge < -0.3 is 20.7 Å². The number of halogens is 2. The molecule has 0 radical (unpaired) electrons. The first-order valence-corrected chi connectivity index (χ1v) is 12.7. The Kier molecular flexibility index (Phi) is 8.70. The highest BCUT2D eigenvalue weighted by atomic mass is 35.5. The monoisotopic (exact) mass is 501 g/mol. The number of carbonyl (C=O) groups excluding carboxylic acids is 1. The third kappa shape index (κ3) is 6.78.